The van der Waals surface area contributed by atoms with Gasteiger partial charge in [0.15, 0.2) is 0 Å². The molecule has 0 aromatic carbocycles. The summed E-state index contributed by atoms with van der Waals surface area (Å²) in [7, 11) is 0. The van der Waals surface area contributed by atoms with Gasteiger partial charge < -0.3 is 25.2 Å². The van der Waals surface area contributed by atoms with Gasteiger partial charge in [-0.15, -0.1) is 0 Å². The minimum Gasteiger partial charge on any atom is -0.481 e. The van der Waals surface area contributed by atoms with Crippen molar-refractivity contribution in [1.29, 1.82) is 0 Å². The van der Waals surface area contributed by atoms with Gasteiger partial charge in [-0.05, 0) is 12.8 Å². The first-order chi connectivity index (χ1) is 10.2. The molecule has 2 rings (SSSR count). The smallest absolute Gasteiger partial charge is 0.315 e. The maximum absolute atomic E-state index is 11.9. The van der Waals surface area contributed by atoms with E-state index >= 15 is 0 Å². The summed E-state index contributed by atoms with van der Waals surface area (Å²) in [6.07, 6.45) is 4.09. The highest BCUT2D eigenvalue weighted by atomic mass is 16.6. The van der Waals surface area contributed by atoms with Crippen molar-refractivity contribution < 1.29 is 24.2 Å². The Labute approximate surface area is 124 Å². The number of hydrogen-bond donors (Lipinski definition) is 3. The van der Waals surface area contributed by atoms with Crippen LogP contribution in [-0.4, -0.2) is 55.6 Å². The molecule has 1 aliphatic heterocycles. The van der Waals surface area contributed by atoms with E-state index < -0.39 is 11.9 Å². The zero-order valence-electron chi connectivity index (χ0n) is 12.2. The highest BCUT2D eigenvalue weighted by Gasteiger charge is 2.30. The molecular weight excluding hydrogens is 276 g/mol. The average molecular weight is 300 g/mol. The molecule has 0 aromatic heterocycles. The molecule has 3 N–H and O–H groups in total. The monoisotopic (exact) mass is 300 g/mol. The molecule has 1 aliphatic carbocycles. The normalized spacial score (nSPS) is 30.2. The Morgan fingerprint density at radius 2 is 1.95 bits per heavy atom. The zero-order valence-corrected chi connectivity index (χ0v) is 12.2. The largest absolute Gasteiger partial charge is 0.481 e. The van der Waals surface area contributed by atoms with Crippen LogP contribution in [0.4, 0.5) is 4.79 Å². The van der Waals surface area contributed by atoms with Gasteiger partial charge >= 0.3 is 12.0 Å². The van der Waals surface area contributed by atoms with Crippen LogP contribution in [0.5, 0.6) is 0 Å². The van der Waals surface area contributed by atoms with Crippen LogP contribution >= 0.6 is 0 Å². The topological polar surface area (TPSA) is 96.9 Å². The molecule has 1 saturated heterocycles. The van der Waals surface area contributed by atoms with E-state index in [2.05, 4.69) is 10.6 Å². The molecule has 7 nitrogen and oxygen atoms in total. The number of amides is 2. The fourth-order valence-corrected chi connectivity index (χ4v) is 2.86. The number of carbonyl (C=O) groups excluding carboxylic acids is 1. The van der Waals surface area contributed by atoms with Crippen molar-refractivity contribution >= 4 is 12.0 Å². The fraction of sp³-hybridized carbons (Fsp3) is 0.857. The first-order valence-electron chi connectivity index (χ1n) is 7.63. The van der Waals surface area contributed by atoms with Gasteiger partial charge in [-0.1, -0.05) is 19.3 Å². The summed E-state index contributed by atoms with van der Waals surface area (Å²) in [6.45, 7) is 1.97. The number of aliphatic carboxylic acids is 1. The summed E-state index contributed by atoms with van der Waals surface area (Å²) in [5.74, 6) is -1.32. The highest BCUT2D eigenvalue weighted by Crippen LogP contribution is 2.23. The van der Waals surface area contributed by atoms with Crippen molar-refractivity contribution in [3.8, 4) is 0 Å². The molecule has 0 spiro atoms. The summed E-state index contributed by atoms with van der Waals surface area (Å²) >= 11 is 0. The molecule has 3 unspecified atom stereocenters. The molecule has 3 atom stereocenters. The lowest BCUT2D eigenvalue weighted by atomic mass is 9.95. The molecular formula is C14H24N2O5. The number of carboxylic acids is 1. The van der Waals surface area contributed by atoms with Crippen molar-refractivity contribution in [2.75, 3.05) is 26.4 Å². The van der Waals surface area contributed by atoms with Crippen LogP contribution in [0.2, 0.25) is 0 Å². The summed E-state index contributed by atoms with van der Waals surface area (Å²) in [5.41, 5.74) is 0. The number of nitrogens with one attached hydrogen (secondary N) is 2. The van der Waals surface area contributed by atoms with E-state index in [1.807, 2.05) is 0 Å². The van der Waals surface area contributed by atoms with Gasteiger partial charge in [0.2, 0.25) is 0 Å². The summed E-state index contributed by atoms with van der Waals surface area (Å²) in [4.78, 5) is 23.2. The van der Waals surface area contributed by atoms with Crippen LogP contribution < -0.4 is 10.6 Å². The Bertz CT molecular complexity index is 357. The molecule has 0 aromatic rings. The molecule has 0 radical (unpaired) electrons. The molecule has 2 amide bonds. The molecule has 1 heterocycles. The van der Waals surface area contributed by atoms with Crippen LogP contribution in [-0.2, 0) is 14.3 Å². The third-order valence-electron chi connectivity index (χ3n) is 4.02. The van der Waals surface area contributed by atoms with Crippen LogP contribution in [0.1, 0.15) is 32.1 Å². The van der Waals surface area contributed by atoms with Crippen molar-refractivity contribution in [2.24, 2.45) is 5.92 Å². The standard InChI is InChI=1S/C14H24N2O5/c17-13(18)11-4-2-1-3-5-12(11)16-14(19)15-8-10-9-20-6-7-21-10/h10-12H,1-9H2,(H,17,18)(H2,15,16,19). The number of urea groups is 1. The third kappa shape index (κ3) is 5.17. The number of ether oxygens (including phenoxy) is 2. The van der Waals surface area contributed by atoms with E-state index in [1.54, 1.807) is 0 Å². The Hall–Kier alpha value is -1.34. The Kier molecular flexibility index (Phi) is 6.25. The van der Waals surface area contributed by atoms with Gasteiger partial charge in [0.05, 0.1) is 31.8 Å². The molecule has 21 heavy (non-hydrogen) atoms. The first kappa shape index (κ1) is 16.0. The van der Waals surface area contributed by atoms with Crippen LogP contribution in [0.15, 0.2) is 0 Å². The maximum atomic E-state index is 11.9. The Balaban J connectivity index is 1.77. The van der Waals surface area contributed by atoms with Crippen LogP contribution in [0.3, 0.4) is 0 Å². The minimum absolute atomic E-state index is 0.131. The predicted molar refractivity (Wildman–Crippen MR) is 75.1 cm³/mol. The second kappa shape index (κ2) is 8.19. The lowest BCUT2D eigenvalue weighted by Gasteiger charge is -2.25. The first-order valence-corrected chi connectivity index (χ1v) is 7.63. The van der Waals surface area contributed by atoms with E-state index in [-0.39, 0.29) is 18.2 Å². The van der Waals surface area contributed by atoms with Gasteiger partial charge in [0, 0.05) is 12.6 Å². The van der Waals surface area contributed by atoms with Crippen molar-refractivity contribution in [2.45, 2.75) is 44.2 Å². The van der Waals surface area contributed by atoms with E-state index in [9.17, 15) is 14.7 Å². The van der Waals surface area contributed by atoms with Gasteiger partial charge in [0.1, 0.15) is 0 Å². The second-order valence-electron chi connectivity index (χ2n) is 5.61. The lowest BCUT2D eigenvalue weighted by Crippen LogP contribution is -2.49. The van der Waals surface area contributed by atoms with Crippen molar-refractivity contribution in [3.05, 3.63) is 0 Å². The molecule has 2 aliphatic rings. The zero-order chi connectivity index (χ0) is 15.1. The Morgan fingerprint density at radius 1 is 1.14 bits per heavy atom. The summed E-state index contributed by atoms with van der Waals surface area (Å²) in [6, 6.07) is -0.629. The van der Waals surface area contributed by atoms with Crippen molar-refractivity contribution in [3.63, 3.8) is 0 Å². The fourth-order valence-electron chi connectivity index (χ4n) is 2.86. The molecule has 1 saturated carbocycles. The molecule has 120 valence electrons. The van der Waals surface area contributed by atoms with Gasteiger partial charge in [-0.25, -0.2) is 4.79 Å². The number of rotatable bonds is 4. The van der Waals surface area contributed by atoms with E-state index in [4.69, 9.17) is 9.47 Å². The number of carboxylic acid groups (broad SMARTS) is 1. The lowest BCUT2D eigenvalue weighted by molar-refractivity contribution is -0.142. The van der Waals surface area contributed by atoms with E-state index in [1.165, 1.54) is 0 Å². The predicted octanol–water partition coefficient (Wildman–Crippen LogP) is 0.734. The Morgan fingerprint density at radius 3 is 2.67 bits per heavy atom. The van der Waals surface area contributed by atoms with E-state index in [0.717, 1.165) is 19.3 Å². The van der Waals surface area contributed by atoms with Gasteiger partial charge in [-0.3, -0.25) is 4.79 Å². The van der Waals surface area contributed by atoms with Crippen LogP contribution in [0, 0.1) is 5.92 Å². The number of carbonyl (C=O) groups is 2. The summed E-state index contributed by atoms with van der Waals surface area (Å²) < 4.78 is 10.7. The molecule has 2 fully saturated rings. The number of hydrogen-bond acceptors (Lipinski definition) is 4. The minimum atomic E-state index is -0.828. The quantitative estimate of drug-likeness (QED) is 0.665. The maximum Gasteiger partial charge on any atom is 0.315 e. The molecule has 7 heteroatoms. The van der Waals surface area contributed by atoms with Gasteiger partial charge in [0.25, 0.3) is 0 Å². The van der Waals surface area contributed by atoms with Gasteiger partial charge in [-0.2, -0.15) is 0 Å². The second-order valence-corrected chi connectivity index (χ2v) is 5.61. The average Bonchev–Trinajstić information content (AvgIpc) is 2.72. The molecule has 0 bridgehead atoms. The van der Waals surface area contributed by atoms with Crippen LogP contribution in [0.25, 0.3) is 0 Å². The third-order valence-corrected chi connectivity index (χ3v) is 4.02. The van der Waals surface area contributed by atoms with E-state index in [0.29, 0.717) is 39.2 Å². The highest BCUT2D eigenvalue weighted by molar-refractivity contribution is 5.76. The SMILES string of the molecule is O=C(NCC1COCCO1)NC1CCCCCC1C(=O)O. The summed E-state index contributed by atoms with van der Waals surface area (Å²) in [5, 5.41) is 14.8. The van der Waals surface area contributed by atoms with Crippen molar-refractivity contribution in [1.82, 2.24) is 10.6 Å².